The summed E-state index contributed by atoms with van der Waals surface area (Å²) in [6, 6.07) is 2.33. The monoisotopic (exact) mass is 247 g/mol. The maximum Gasteiger partial charge on any atom is 0.102 e. The Morgan fingerprint density at radius 3 is 3.12 bits per heavy atom. The van der Waals surface area contributed by atoms with Gasteiger partial charge in [0.1, 0.15) is 6.07 Å². The first kappa shape index (κ1) is 9.94. The molecular formula is C11H9N3S2. The van der Waals surface area contributed by atoms with Gasteiger partial charge in [0.15, 0.2) is 0 Å². The molecule has 0 spiro atoms. The predicted octanol–water partition coefficient (Wildman–Crippen LogP) is 3.00. The van der Waals surface area contributed by atoms with Crippen molar-refractivity contribution in [3.8, 4) is 16.6 Å². The summed E-state index contributed by atoms with van der Waals surface area (Å²) in [5.74, 6) is 1.96. The first-order valence-electron chi connectivity index (χ1n) is 4.91. The van der Waals surface area contributed by atoms with Gasteiger partial charge in [0.2, 0.25) is 0 Å². The van der Waals surface area contributed by atoms with Crippen LogP contribution >= 0.6 is 23.1 Å². The number of rotatable bonds is 1. The normalized spacial score (nSPS) is 13.8. The third-order valence-electron chi connectivity index (χ3n) is 2.88. The van der Waals surface area contributed by atoms with E-state index >= 15 is 0 Å². The van der Waals surface area contributed by atoms with Gasteiger partial charge in [0.05, 0.1) is 27.5 Å². The number of aromatic nitrogens is 2. The van der Waals surface area contributed by atoms with E-state index in [1.807, 2.05) is 30.4 Å². The van der Waals surface area contributed by atoms with Crippen LogP contribution in [0.15, 0.2) is 11.7 Å². The highest BCUT2D eigenvalue weighted by molar-refractivity contribution is 7.97. The Balaban J connectivity index is 2.32. The summed E-state index contributed by atoms with van der Waals surface area (Å²) in [6.45, 7) is 2.04. The van der Waals surface area contributed by atoms with E-state index in [4.69, 9.17) is 0 Å². The fourth-order valence-electron chi connectivity index (χ4n) is 2.08. The smallest absolute Gasteiger partial charge is 0.102 e. The number of hydrogen-bond acceptors (Lipinski definition) is 4. The van der Waals surface area contributed by atoms with E-state index in [1.54, 1.807) is 11.3 Å². The van der Waals surface area contributed by atoms with E-state index in [1.165, 1.54) is 5.69 Å². The van der Waals surface area contributed by atoms with Gasteiger partial charge in [-0.2, -0.15) is 5.26 Å². The van der Waals surface area contributed by atoms with E-state index in [2.05, 4.69) is 15.6 Å². The number of thiazole rings is 1. The average Bonchev–Trinajstić information content (AvgIpc) is 2.96. The van der Waals surface area contributed by atoms with Crippen LogP contribution in [0.25, 0.3) is 10.6 Å². The zero-order valence-corrected chi connectivity index (χ0v) is 10.4. The van der Waals surface area contributed by atoms with Gasteiger partial charge in [0, 0.05) is 17.6 Å². The molecule has 2 aromatic rings. The molecule has 0 radical (unpaired) electrons. The topological polar surface area (TPSA) is 41.6 Å². The van der Waals surface area contributed by atoms with Crippen molar-refractivity contribution in [1.82, 2.24) is 9.55 Å². The van der Waals surface area contributed by atoms with Crippen LogP contribution in [0.3, 0.4) is 0 Å². The summed E-state index contributed by atoms with van der Waals surface area (Å²) >= 11 is 3.48. The van der Waals surface area contributed by atoms with Gasteiger partial charge >= 0.3 is 0 Å². The molecule has 80 valence electrons. The summed E-state index contributed by atoms with van der Waals surface area (Å²) in [7, 11) is 0. The van der Waals surface area contributed by atoms with Gasteiger partial charge in [-0.3, -0.25) is 4.98 Å². The van der Waals surface area contributed by atoms with Crippen molar-refractivity contribution in [3.63, 3.8) is 0 Å². The zero-order valence-electron chi connectivity index (χ0n) is 8.73. The molecule has 0 saturated carbocycles. The lowest BCUT2D eigenvalue weighted by Crippen LogP contribution is -1.94. The van der Waals surface area contributed by atoms with Crippen molar-refractivity contribution in [2.45, 2.75) is 18.6 Å². The van der Waals surface area contributed by atoms with Crippen LogP contribution in [-0.4, -0.2) is 9.55 Å². The Labute approximate surface area is 102 Å². The van der Waals surface area contributed by atoms with E-state index in [0.29, 0.717) is 0 Å². The highest BCUT2D eigenvalue weighted by Gasteiger charge is 2.25. The molecule has 0 saturated heterocycles. The minimum Gasteiger partial charge on any atom is -0.332 e. The van der Waals surface area contributed by atoms with Crippen LogP contribution < -0.4 is 0 Å². The lowest BCUT2D eigenvalue weighted by molar-refractivity contribution is 0.893. The second-order valence-corrected chi connectivity index (χ2v) is 5.52. The summed E-state index contributed by atoms with van der Waals surface area (Å²) in [6.07, 6.45) is 1.84. The van der Waals surface area contributed by atoms with Crippen molar-refractivity contribution < 1.29 is 0 Å². The highest BCUT2D eigenvalue weighted by atomic mass is 32.2. The minimum atomic E-state index is 0.819. The van der Waals surface area contributed by atoms with E-state index in [-0.39, 0.29) is 0 Å². The van der Waals surface area contributed by atoms with Gasteiger partial charge in [-0.05, 0) is 12.5 Å². The SMILES string of the molecule is Cc1c(C#N)c(-c2cncs2)n2c1CSC2. The summed E-state index contributed by atoms with van der Waals surface area (Å²) in [5.41, 5.74) is 6.12. The Morgan fingerprint density at radius 1 is 1.56 bits per heavy atom. The first-order chi connectivity index (χ1) is 7.83. The maximum atomic E-state index is 9.27. The molecular weight excluding hydrogens is 238 g/mol. The molecule has 0 bridgehead atoms. The van der Waals surface area contributed by atoms with Crippen LogP contribution in [-0.2, 0) is 11.6 Å². The molecule has 0 N–H and O–H groups in total. The van der Waals surface area contributed by atoms with Gasteiger partial charge in [-0.25, -0.2) is 0 Å². The first-order valence-corrected chi connectivity index (χ1v) is 6.95. The quantitative estimate of drug-likeness (QED) is 0.778. The molecule has 2 aromatic heterocycles. The van der Waals surface area contributed by atoms with Gasteiger partial charge < -0.3 is 4.57 Å². The molecule has 5 heteroatoms. The van der Waals surface area contributed by atoms with Crippen molar-refractivity contribution in [3.05, 3.63) is 28.5 Å². The summed E-state index contributed by atoms with van der Waals surface area (Å²) < 4.78 is 2.26. The van der Waals surface area contributed by atoms with Crippen LogP contribution in [0.4, 0.5) is 0 Å². The molecule has 1 aliphatic rings. The zero-order chi connectivity index (χ0) is 11.1. The van der Waals surface area contributed by atoms with Gasteiger partial charge in [-0.15, -0.1) is 23.1 Å². The lowest BCUT2D eigenvalue weighted by atomic mass is 10.1. The molecule has 1 aliphatic heterocycles. The molecule has 16 heavy (non-hydrogen) atoms. The molecule has 0 amide bonds. The second-order valence-electron chi connectivity index (χ2n) is 3.68. The van der Waals surface area contributed by atoms with Crippen LogP contribution in [0, 0.1) is 18.3 Å². The third-order valence-corrected chi connectivity index (χ3v) is 4.58. The fourth-order valence-corrected chi connectivity index (χ4v) is 3.89. The van der Waals surface area contributed by atoms with Crippen molar-refractivity contribution in [2.24, 2.45) is 0 Å². The Kier molecular flexibility index (Phi) is 2.27. The molecule has 0 atom stereocenters. The van der Waals surface area contributed by atoms with Crippen LogP contribution in [0.5, 0.6) is 0 Å². The van der Waals surface area contributed by atoms with Gasteiger partial charge in [0.25, 0.3) is 0 Å². The Morgan fingerprint density at radius 2 is 2.44 bits per heavy atom. The van der Waals surface area contributed by atoms with Crippen molar-refractivity contribution >= 4 is 23.1 Å². The van der Waals surface area contributed by atoms with E-state index < -0.39 is 0 Å². The molecule has 0 unspecified atom stereocenters. The molecule has 3 heterocycles. The molecule has 0 aromatic carbocycles. The largest absolute Gasteiger partial charge is 0.332 e. The van der Waals surface area contributed by atoms with Crippen LogP contribution in [0.2, 0.25) is 0 Å². The molecule has 0 fully saturated rings. The fraction of sp³-hybridized carbons (Fsp3) is 0.273. The highest BCUT2D eigenvalue weighted by Crippen LogP contribution is 2.39. The summed E-state index contributed by atoms with van der Waals surface area (Å²) in [4.78, 5) is 5.19. The Hall–Kier alpha value is -1.25. The lowest BCUT2D eigenvalue weighted by Gasteiger charge is -2.02. The summed E-state index contributed by atoms with van der Waals surface area (Å²) in [5, 5.41) is 9.27. The number of nitriles is 1. The van der Waals surface area contributed by atoms with Gasteiger partial charge in [-0.1, -0.05) is 0 Å². The maximum absolute atomic E-state index is 9.27. The molecule has 3 rings (SSSR count). The van der Waals surface area contributed by atoms with Crippen molar-refractivity contribution in [2.75, 3.05) is 0 Å². The van der Waals surface area contributed by atoms with Crippen LogP contribution in [0.1, 0.15) is 16.8 Å². The number of nitrogens with zero attached hydrogens (tertiary/aromatic N) is 3. The standard InChI is InChI=1S/C11H9N3S2/c1-7-8(2-12)11(10-3-13-5-16-10)14-6-15-4-9(7)14/h3,5H,4,6H2,1H3. The van der Waals surface area contributed by atoms with Crippen molar-refractivity contribution in [1.29, 1.82) is 5.26 Å². The Bertz CT molecular complexity index is 575. The average molecular weight is 247 g/mol. The van der Waals surface area contributed by atoms with E-state index in [9.17, 15) is 5.26 Å². The predicted molar refractivity (Wildman–Crippen MR) is 66.3 cm³/mol. The third kappa shape index (κ3) is 1.24. The van der Waals surface area contributed by atoms with E-state index in [0.717, 1.165) is 33.3 Å². The number of fused-ring (bicyclic) bond motifs is 1. The number of hydrogen-bond donors (Lipinski definition) is 0. The second kappa shape index (κ2) is 3.65. The minimum absolute atomic E-state index is 0.819. The number of thioether (sulfide) groups is 1. The molecule has 0 aliphatic carbocycles. The molecule has 3 nitrogen and oxygen atoms in total.